The molecule has 0 saturated carbocycles. The van der Waals surface area contributed by atoms with Crippen LogP contribution in [0.2, 0.25) is 0 Å². The topological polar surface area (TPSA) is 29.5 Å². The average Bonchev–Trinajstić information content (AvgIpc) is 2.86. The number of cyclic esters (lactones) is 1. The number of allylic oxidation sites excluding steroid dienone is 1. The van der Waals surface area contributed by atoms with Gasteiger partial charge in [0.15, 0.2) is 11.8 Å². The van der Waals surface area contributed by atoms with Crippen LogP contribution >= 0.6 is 27.9 Å². The monoisotopic (exact) mass is 363 g/mol. The highest BCUT2D eigenvalue weighted by Crippen LogP contribution is 2.48. The van der Waals surface area contributed by atoms with E-state index < -0.39 is 0 Å². The van der Waals surface area contributed by atoms with Crippen molar-refractivity contribution in [2.45, 2.75) is 31.7 Å². The molecule has 1 aromatic carbocycles. The Hall–Kier alpha value is -1.20. The number of carbonyl (C=O) groups excluding carboxylic acids is 1. The maximum absolute atomic E-state index is 12.4. The zero-order chi connectivity index (χ0) is 14.4. The molecule has 0 radical (unpaired) electrons. The number of esters is 1. The van der Waals surface area contributed by atoms with E-state index in [0.717, 1.165) is 22.9 Å². The lowest BCUT2D eigenvalue weighted by molar-refractivity contribution is -0.140. The predicted molar refractivity (Wildman–Crippen MR) is 86.9 cm³/mol. The molecule has 2 aliphatic heterocycles. The van der Waals surface area contributed by atoms with Crippen molar-refractivity contribution in [3.05, 3.63) is 51.0 Å². The van der Waals surface area contributed by atoms with Crippen LogP contribution in [0.5, 0.6) is 0 Å². The Labute approximate surface area is 136 Å². The first-order chi connectivity index (χ1) is 10.2. The van der Waals surface area contributed by atoms with E-state index >= 15 is 0 Å². The standard InChI is InChI=1S/C16H14BrNO2S/c17-11-7-5-10(6-8-11)13-9-18-15(16(19)20-13)12-3-1-2-4-14(12)21-18/h5-9,15H,1-4H2. The second kappa shape index (κ2) is 5.21. The molecule has 0 fully saturated rings. The Kier molecular flexibility index (Phi) is 3.34. The number of nitrogens with zero attached hydrogens (tertiary/aromatic N) is 1. The molecule has 0 bridgehead atoms. The fraction of sp³-hybridized carbons (Fsp3) is 0.312. The third-order valence-electron chi connectivity index (χ3n) is 4.07. The van der Waals surface area contributed by atoms with Crippen LogP contribution in [-0.2, 0) is 9.53 Å². The summed E-state index contributed by atoms with van der Waals surface area (Å²) >= 11 is 5.13. The molecule has 0 amide bonds. The molecule has 108 valence electrons. The molecule has 2 heterocycles. The number of rotatable bonds is 1. The van der Waals surface area contributed by atoms with Gasteiger partial charge in [-0.1, -0.05) is 28.1 Å². The van der Waals surface area contributed by atoms with Crippen molar-refractivity contribution in [3.63, 3.8) is 0 Å². The molecule has 0 spiro atoms. The molecule has 3 nitrogen and oxygen atoms in total. The summed E-state index contributed by atoms with van der Waals surface area (Å²) in [5.74, 6) is 0.492. The van der Waals surface area contributed by atoms with Gasteiger partial charge in [0.25, 0.3) is 0 Å². The third-order valence-corrected chi connectivity index (χ3v) is 5.81. The maximum Gasteiger partial charge on any atom is 0.339 e. The van der Waals surface area contributed by atoms with Crippen LogP contribution in [0.3, 0.4) is 0 Å². The molecule has 1 atom stereocenters. The molecule has 1 aliphatic carbocycles. The molecule has 1 aromatic rings. The Morgan fingerprint density at radius 3 is 2.76 bits per heavy atom. The maximum atomic E-state index is 12.4. The number of benzene rings is 1. The summed E-state index contributed by atoms with van der Waals surface area (Å²) < 4.78 is 8.67. The number of hydrogen-bond acceptors (Lipinski definition) is 4. The van der Waals surface area contributed by atoms with Crippen molar-refractivity contribution in [2.75, 3.05) is 0 Å². The van der Waals surface area contributed by atoms with Crippen LogP contribution in [0.15, 0.2) is 45.4 Å². The van der Waals surface area contributed by atoms with Crippen molar-refractivity contribution < 1.29 is 9.53 Å². The van der Waals surface area contributed by atoms with Crippen molar-refractivity contribution in [1.82, 2.24) is 4.31 Å². The van der Waals surface area contributed by atoms with Gasteiger partial charge in [-0.2, -0.15) is 0 Å². The van der Waals surface area contributed by atoms with Gasteiger partial charge in [-0.15, -0.1) is 0 Å². The van der Waals surface area contributed by atoms with Crippen molar-refractivity contribution >= 4 is 39.6 Å². The first kappa shape index (κ1) is 13.5. The Morgan fingerprint density at radius 1 is 1.19 bits per heavy atom. The smallest absolute Gasteiger partial charge is 0.339 e. The van der Waals surface area contributed by atoms with E-state index in [-0.39, 0.29) is 12.0 Å². The van der Waals surface area contributed by atoms with Crippen LogP contribution in [0.1, 0.15) is 31.2 Å². The Bertz CT molecular complexity index is 665. The van der Waals surface area contributed by atoms with Gasteiger partial charge in [0, 0.05) is 14.9 Å². The van der Waals surface area contributed by atoms with E-state index in [9.17, 15) is 4.79 Å². The zero-order valence-electron chi connectivity index (χ0n) is 11.3. The van der Waals surface area contributed by atoms with Gasteiger partial charge in [-0.3, -0.25) is 4.31 Å². The minimum absolute atomic E-state index is 0.144. The van der Waals surface area contributed by atoms with Crippen molar-refractivity contribution in [1.29, 1.82) is 0 Å². The summed E-state index contributed by atoms with van der Waals surface area (Å²) in [5.41, 5.74) is 2.21. The lowest BCUT2D eigenvalue weighted by Crippen LogP contribution is -2.37. The van der Waals surface area contributed by atoms with Gasteiger partial charge < -0.3 is 4.74 Å². The first-order valence-electron chi connectivity index (χ1n) is 7.10. The lowest BCUT2D eigenvalue weighted by atomic mass is 9.93. The fourth-order valence-electron chi connectivity index (χ4n) is 3.03. The predicted octanol–water partition coefficient (Wildman–Crippen LogP) is 4.46. The van der Waals surface area contributed by atoms with Crippen LogP contribution in [-0.4, -0.2) is 16.3 Å². The van der Waals surface area contributed by atoms with E-state index in [1.807, 2.05) is 30.5 Å². The number of hydrogen-bond donors (Lipinski definition) is 0. The summed E-state index contributed by atoms with van der Waals surface area (Å²) in [7, 11) is 0. The van der Waals surface area contributed by atoms with Gasteiger partial charge in [-0.25, -0.2) is 4.79 Å². The van der Waals surface area contributed by atoms with E-state index in [1.165, 1.54) is 23.3 Å². The van der Waals surface area contributed by atoms with Gasteiger partial charge in [0.05, 0.1) is 6.20 Å². The second-order valence-electron chi connectivity index (χ2n) is 5.43. The molecule has 21 heavy (non-hydrogen) atoms. The van der Waals surface area contributed by atoms with E-state index in [4.69, 9.17) is 4.74 Å². The third kappa shape index (κ3) is 2.32. The van der Waals surface area contributed by atoms with Crippen LogP contribution in [0.4, 0.5) is 0 Å². The van der Waals surface area contributed by atoms with E-state index in [2.05, 4.69) is 20.2 Å². The lowest BCUT2D eigenvalue weighted by Gasteiger charge is -2.28. The highest BCUT2D eigenvalue weighted by atomic mass is 79.9. The molecule has 5 heteroatoms. The van der Waals surface area contributed by atoms with Gasteiger partial charge in [-0.05, 0) is 55.3 Å². The first-order valence-corrected chi connectivity index (χ1v) is 8.67. The average molecular weight is 364 g/mol. The van der Waals surface area contributed by atoms with Crippen LogP contribution in [0, 0.1) is 0 Å². The summed E-state index contributed by atoms with van der Waals surface area (Å²) in [5, 5.41) is 0. The number of halogens is 1. The molecule has 4 rings (SSSR count). The number of fused-ring (bicyclic) bond motifs is 2. The summed E-state index contributed by atoms with van der Waals surface area (Å²) in [4.78, 5) is 13.8. The minimum atomic E-state index is -0.204. The normalized spacial score (nSPS) is 24.4. The fourth-order valence-corrected chi connectivity index (χ4v) is 4.58. The highest BCUT2D eigenvalue weighted by Gasteiger charge is 2.42. The molecule has 3 aliphatic rings. The van der Waals surface area contributed by atoms with Crippen molar-refractivity contribution in [3.8, 4) is 0 Å². The number of carbonyl (C=O) groups is 1. The molecular formula is C16H14BrNO2S. The SMILES string of the molecule is O=C1OC(c2ccc(Br)cc2)=CN2SC3=C(CCCC3)C12. The molecule has 0 saturated heterocycles. The second-order valence-corrected chi connectivity index (χ2v) is 7.44. The summed E-state index contributed by atoms with van der Waals surface area (Å²) in [6, 6.07) is 7.62. The zero-order valence-corrected chi connectivity index (χ0v) is 13.7. The van der Waals surface area contributed by atoms with Crippen LogP contribution in [0.25, 0.3) is 5.76 Å². The van der Waals surface area contributed by atoms with Gasteiger partial charge in [0.2, 0.25) is 0 Å². The van der Waals surface area contributed by atoms with Gasteiger partial charge >= 0.3 is 5.97 Å². The number of ether oxygens (including phenoxy) is 1. The highest BCUT2D eigenvalue weighted by molar-refractivity contribution is 9.10. The van der Waals surface area contributed by atoms with Crippen molar-refractivity contribution in [2.24, 2.45) is 0 Å². The van der Waals surface area contributed by atoms with Crippen LogP contribution < -0.4 is 0 Å². The summed E-state index contributed by atoms with van der Waals surface area (Å²) in [6.45, 7) is 0. The molecular weight excluding hydrogens is 350 g/mol. The van der Waals surface area contributed by atoms with E-state index in [0.29, 0.717) is 5.76 Å². The molecule has 0 aromatic heterocycles. The Balaban J connectivity index is 1.67. The largest absolute Gasteiger partial charge is 0.422 e. The summed E-state index contributed by atoms with van der Waals surface area (Å²) in [6.07, 6.45) is 6.51. The quantitative estimate of drug-likeness (QED) is 0.543. The molecule has 1 unspecified atom stereocenters. The van der Waals surface area contributed by atoms with E-state index in [1.54, 1.807) is 11.9 Å². The Morgan fingerprint density at radius 2 is 1.95 bits per heavy atom. The van der Waals surface area contributed by atoms with Gasteiger partial charge in [0.1, 0.15) is 0 Å². The minimum Gasteiger partial charge on any atom is -0.422 e. The molecule has 0 N–H and O–H groups in total.